The number of ether oxygens (including phenoxy) is 1. The fourth-order valence-corrected chi connectivity index (χ4v) is 5.07. The lowest BCUT2D eigenvalue weighted by Crippen LogP contribution is -2.52. The number of nitrogens with zero attached hydrogens (tertiary/aromatic N) is 2. The number of piperidine rings is 2. The average Bonchev–Trinajstić information content (AvgIpc) is 2.80. The van der Waals surface area contributed by atoms with Gasteiger partial charge in [-0.25, -0.2) is 0 Å². The lowest BCUT2D eigenvalue weighted by molar-refractivity contribution is -0.144. The number of carbonyl (C=O) groups is 2. The number of hydrogen-bond acceptors (Lipinski definition) is 3. The number of amides is 2. The Balaban J connectivity index is 1.76. The number of halogens is 1. The third-order valence-corrected chi connectivity index (χ3v) is 7.15. The molecule has 2 aliphatic heterocycles. The lowest BCUT2D eigenvalue weighted by Gasteiger charge is -2.44. The first kappa shape index (κ1) is 23.9. The normalized spacial score (nSPS) is 21.9. The van der Waals surface area contributed by atoms with E-state index >= 15 is 0 Å². The van der Waals surface area contributed by atoms with Crippen LogP contribution in [-0.2, 0) is 9.59 Å². The quantitative estimate of drug-likeness (QED) is 0.551. The fourth-order valence-electron chi connectivity index (χ4n) is 4.95. The van der Waals surface area contributed by atoms with Crippen molar-refractivity contribution >= 4 is 23.4 Å². The molecule has 0 aromatic heterocycles. The van der Waals surface area contributed by atoms with Gasteiger partial charge in [0, 0.05) is 49.0 Å². The molecule has 2 fully saturated rings. The van der Waals surface area contributed by atoms with Gasteiger partial charge in [0.05, 0.1) is 6.61 Å². The summed E-state index contributed by atoms with van der Waals surface area (Å²) in [6.07, 6.45) is 7.31. The van der Waals surface area contributed by atoms with Crippen molar-refractivity contribution in [2.45, 2.75) is 65.2 Å². The summed E-state index contributed by atoms with van der Waals surface area (Å²) in [6, 6.07) is 7.34. The van der Waals surface area contributed by atoms with Crippen molar-refractivity contribution in [2.75, 3.05) is 32.8 Å². The van der Waals surface area contributed by atoms with Crippen LogP contribution >= 0.6 is 11.6 Å². The van der Waals surface area contributed by atoms with Crippen molar-refractivity contribution in [1.29, 1.82) is 0 Å². The zero-order valence-electron chi connectivity index (χ0n) is 19.1. The molecule has 2 saturated heterocycles. The van der Waals surface area contributed by atoms with Crippen LogP contribution in [0.2, 0.25) is 5.02 Å². The monoisotopic (exact) mass is 448 g/mol. The maximum Gasteiger partial charge on any atom is 0.225 e. The fraction of sp³-hybridized carbons (Fsp3) is 0.680. The van der Waals surface area contributed by atoms with Crippen LogP contribution in [0.3, 0.4) is 0 Å². The molecule has 1 aromatic rings. The van der Waals surface area contributed by atoms with Gasteiger partial charge in [-0.3, -0.25) is 9.59 Å². The summed E-state index contributed by atoms with van der Waals surface area (Å²) in [5.41, 5.74) is -0.353. The third kappa shape index (κ3) is 6.38. The van der Waals surface area contributed by atoms with E-state index in [1.54, 1.807) is 0 Å². The zero-order chi connectivity index (χ0) is 22.3. The molecule has 6 heteroatoms. The van der Waals surface area contributed by atoms with Gasteiger partial charge in [0.2, 0.25) is 11.8 Å². The molecule has 1 unspecified atom stereocenters. The van der Waals surface area contributed by atoms with Crippen LogP contribution in [0.15, 0.2) is 24.3 Å². The van der Waals surface area contributed by atoms with Gasteiger partial charge >= 0.3 is 0 Å². The van der Waals surface area contributed by atoms with E-state index in [9.17, 15) is 9.59 Å². The summed E-state index contributed by atoms with van der Waals surface area (Å²) in [5, 5.41) is 0.668. The topological polar surface area (TPSA) is 49.9 Å². The second-order valence-corrected chi connectivity index (χ2v) is 9.67. The van der Waals surface area contributed by atoms with Crippen LogP contribution in [-0.4, -0.2) is 54.4 Å². The molecule has 1 atom stereocenters. The van der Waals surface area contributed by atoms with Crippen molar-refractivity contribution in [3.05, 3.63) is 29.3 Å². The van der Waals surface area contributed by atoms with Crippen molar-refractivity contribution in [2.24, 2.45) is 11.3 Å². The number of hydrogen-bond donors (Lipinski definition) is 0. The lowest BCUT2D eigenvalue weighted by atomic mass is 9.76. The minimum atomic E-state index is -0.353. The van der Waals surface area contributed by atoms with Gasteiger partial charge in [-0.1, -0.05) is 25.4 Å². The van der Waals surface area contributed by atoms with Crippen LogP contribution in [0.4, 0.5) is 0 Å². The van der Waals surface area contributed by atoms with E-state index in [2.05, 4.69) is 13.8 Å². The van der Waals surface area contributed by atoms with E-state index in [0.29, 0.717) is 24.6 Å². The predicted octanol–water partition coefficient (Wildman–Crippen LogP) is 5.17. The molecule has 0 N–H and O–H groups in total. The Morgan fingerprint density at radius 3 is 2.29 bits per heavy atom. The molecule has 0 aliphatic carbocycles. The van der Waals surface area contributed by atoms with E-state index in [1.807, 2.05) is 34.1 Å². The van der Waals surface area contributed by atoms with Gasteiger partial charge in [-0.15, -0.1) is 0 Å². The molecular formula is C25H37ClN2O3. The van der Waals surface area contributed by atoms with Gasteiger partial charge < -0.3 is 14.5 Å². The van der Waals surface area contributed by atoms with Gasteiger partial charge in [-0.2, -0.15) is 0 Å². The Morgan fingerprint density at radius 1 is 1.00 bits per heavy atom. The summed E-state index contributed by atoms with van der Waals surface area (Å²) in [6.45, 7) is 7.65. The second-order valence-electron chi connectivity index (χ2n) is 9.24. The maximum atomic E-state index is 13.2. The number of carbonyl (C=O) groups excluding carboxylic acids is 2. The van der Waals surface area contributed by atoms with Crippen LogP contribution in [0.25, 0.3) is 0 Å². The van der Waals surface area contributed by atoms with Gasteiger partial charge in [-0.05, 0) is 69.2 Å². The summed E-state index contributed by atoms with van der Waals surface area (Å²) >= 11 is 6.00. The van der Waals surface area contributed by atoms with Crippen molar-refractivity contribution < 1.29 is 14.3 Å². The predicted molar refractivity (Wildman–Crippen MR) is 124 cm³/mol. The molecule has 0 spiro atoms. The van der Waals surface area contributed by atoms with Crippen LogP contribution in [0, 0.1) is 11.3 Å². The van der Waals surface area contributed by atoms with E-state index < -0.39 is 0 Å². The Kier molecular flexibility index (Phi) is 8.65. The molecule has 2 amide bonds. The molecule has 172 valence electrons. The van der Waals surface area contributed by atoms with Crippen LogP contribution in [0.5, 0.6) is 5.75 Å². The zero-order valence-corrected chi connectivity index (χ0v) is 19.8. The average molecular weight is 449 g/mol. The largest absolute Gasteiger partial charge is 0.493 e. The molecule has 1 aromatic carbocycles. The number of benzene rings is 1. The summed E-state index contributed by atoms with van der Waals surface area (Å²) < 4.78 is 6.17. The minimum Gasteiger partial charge on any atom is -0.493 e. The van der Waals surface area contributed by atoms with Crippen molar-refractivity contribution in [3.8, 4) is 5.75 Å². The summed E-state index contributed by atoms with van der Waals surface area (Å²) in [5.74, 6) is 1.24. The Labute approximate surface area is 192 Å². The Bertz CT molecular complexity index is 729. The molecule has 5 nitrogen and oxygen atoms in total. The molecule has 3 rings (SSSR count). The molecule has 0 bridgehead atoms. The van der Waals surface area contributed by atoms with Gasteiger partial charge in [0.1, 0.15) is 5.75 Å². The number of rotatable bonds is 8. The first-order valence-electron chi connectivity index (χ1n) is 11.9. The first-order chi connectivity index (χ1) is 15.0. The van der Waals surface area contributed by atoms with Crippen molar-refractivity contribution in [3.63, 3.8) is 0 Å². The summed E-state index contributed by atoms with van der Waals surface area (Å²) in [7, 11) is 0. The summed E-state index contributed by atoms with van der Waals surface area (Å²) in [4.78, 5) is 30.3. The Morgan fingerprint density at radius 2 is 1.65 bits per heavy atom. The SMILES string of the molecule is CCC(CC)C(=O)N1CCCC(COc2ccc(Cl)cc2)(CC(=O)N2CCCCC2)C1. The van der Waals surface area contributed by atoms with Gasteiger partial charge in [0.25, 0.3) is 0 Å². The minimum absolute atomic E-state index is 0.0609. The molecular weight excluding hydrogens is 412 g/mol. The molecule has 0 radical (unpaired) electrons. The smallest absolute Gasteiger partial charge is 0.225 e. The highest BCUT2D eigenvalue weighted by Gasteiger charge is 2.41. The van der Waals surface area contributed by atoms with E-state index in [0.717, 1.165) is 63.9 Å². The highest BCUT2D eigenvalue weighted by atomic mass is 35.5. The maximum absolute atomic E-state index is 13.2. The Hall–Kier alpha value is -1.75. The second kappa shape index (κ2) is 11.2. The molecule has 2 heterocycles. The highest BCUT2D eigenvalue weighted by molar-refractivity contribution is 6.30. The highest BCUT2D eigenvalue weighted by Crippen LogP contribution is 2.36. The standard InChI is InChI=1S/C25H37ClN2O3/c1-3-20(4-2)24(30)28-16-8-13-25(18-28,17-23(29)27-14-6-5-7-15-27)19-31-22-11-9-21(26)10-12-22/h9-12,20H,3-8,13-19H2,1-2H3. The third-order valence-electron chi connectivity index (χ3n) is 6.90. The van der Waals surface area contributed by atoms with E-state index in [4.69, 9.17) is 16.3 Å². The molecule has 31 heavy (non-hydrogen) atoms. The van der Waals surface area contributed by atoms with Gasteiger partial charge in [0.15, 0.2) is 0 Å². The van der Waals surface area contributed by atoms with Crippen molar-refractivity contribution in [1.82, 2.24) is 9.80 Å². The van der Waals surface area contributed by atoms with Crippen LogP contribution in [0.1, 0.15) is 65.2 Å². The van der Waals surface area contributed by atoms with Crippen LogP contribution < -0.4 is 4.74 Å². The first-order valence-corrected chi connectivity index (χ1v) is 12.3. The molecule has 2 aliphatic rings. The molecule has 0 saturated carbocycles. The van der Waals surface area contributed by atoms with E-state index in [-0.39, 0.29) is 23.1 Å². The van der Waals surface area contributed by atoms with E-state index in [1.165, 1.54) is 6.42 Å². The number of likely N-dealkylation sites (tertiary alicyclic amines) is 2.